The second kappa shape index (κ2) is 17.2. The van der Waals surface area contributed by atoms with Crippen molar-refractivity contribution in [3.63, 3.8) is 0 Å². The SMILES string of the molecule is [Cu+2].[Te-2].[Te-2].[Zn+2]. The zero-order valence-electron chi connectivity index (χ0n) is 1.83. The van der Waals surface area contributed by atoms with E-state index in [1.165, 1.54) is 0 Å². The van der Waals surface area contributed by atoms with Crippen LogP contribution in [0.1, 0.15) is 0 Å². The zero-order valence-corrected chi connectivity index (χ0v) is 10.4. The summed E-state index contributed by atoms with van der Waals surface area (Å²) in [6, 6.07) is 0. The Bertz CT molecular complexity index is 6.00. The molecular formula is CuTe2Zn. The van der Waals surface area contributed by atoms with Gasteiger partial charge in [-0.05, 0) is 0 Å². The maximum atomic E-state index is 0. The van der Waals surface area contributed by atoms with Gasteiger partial charge in [0, 0.05) is 0 Å². The quantitative estimate of drug-likeness (QED) is 0.482. The average molecular weight is 384 g/mol. The fourth-order valence-corrected chi connectivity index (χ4v) is 0. The van der Waals surface area contributed by atoms with Crippen molar-refractivity contribution in [2.24, 2.45) is 0 Å². The van der Waals surface area contributed by atoms with Crippen molar-refractivity contribution in [1.29, 1.82) is 0 Å². The molecule has 0 nitrogen and oxygen atoms in total. The summed E-state index contributed by atoms with van der Waals surface area (Å²) < 4.78 is 0. The topological polar surface area (TPSA) is 0 Å². The Labute approximate surface area is 82.5 Å². The minimum Gasteiger partial charge on any atom is -2.00 e. The average Bonchev–Trinajstić information content (AvgIpc) is 0. The second-order valence-electron chi connectivity index (χ2n) is 0. The van der Waals surface area contributed by atoms with Crippen molar-refractivity contribution >= 4 is 47.3 Å². The Morgan fingerprint density at radius 1 is 0.750 bits per heavy atom. The van der Waals surface area contributed by atoms with Gasteiger partial charge in [0.15, 0.2) is 0 Å². The van der Waals surface area contributed by atoms with Gasteiger partial charge in [-0.1, -0.05) is 0 Å². The summed E-state index contributed by atoms with van der Waals surface area (Å²) in [7, 11) is 0. The molecule has 0 bridgehead atoms. The molecule has 0 aromatic heterocycles. The fourth-order valence-electron chi connectivity index (χ4n) is 0. The molecular weight excluding hydrogens is 384 g/mol. The predicted octanol–water partition coefficient (Wildman–Crippen LogP) is -0.767. The smallest absolute Gasteiger partial charge is 2.00 e. The maximum Gasteiger partial charge on any atom is 2.00 e. The third-order valence-corrected chi connectivity index (χ3v) is 0. The Morgan fingerprint density at radius 2 is 0.750 bits per heavy atom. The first kappa shape index (κ1) is 29.7. The zero-order chi connectivity index (χ0) is 0. The molecule has 0 amide bonds. The molecule has 0 heterocycles. The van der Waals surface area contributed by atoms with Crippen LogP contribution in [-0.2, 0) is 36.5 Å². The summed E-state index contributed by atoms with van der Waals surface area (Å²) in [6.07, 6.45) is 0. The molecule has 0 rings (SSSR count). The van der Waals surface area contributed by atoms with Gasteiger partial charge in [-0.15, -0.1) is 0 Å². The minimum absolute atomic E-state index is 0. The van der Waals surface area contributed by atoms with Gasteiger partial charge < -0.3 is 47.3 Å². The predicted molar refractivity (Wildman–Crippen MR) is 11.5 cm³/mol. The molecule has 0 fully saturated rings. The van der Waals surface area contributed by atoms with Crippen LogP contribution in [0.15, 0.2) is 0 Å². The summed E-state index contributed by atoms with van der Waals surface area (Å²) in [5, 5.41) is 0. The van der Waals surface area contributed by atoms with Crippen molar-refractivity contribution in [3.8, 4) is 0 Å². The van der Waals surface area contributed by atoms with Gasteiger partial charge in [-0.3, -0.25) is 0 Å². The van der Waals surface area contributed by atoms with E-state index >= 15 is 0 Å². The summed E-state index contributed by atoms with van der Waals surface area (Å²) in [4.78, 5) is 0. The monoisotopic (exact) mass is 387 g/mol. The van der Waals surface area contributed by atoms with Crippen molar-refractivity contribution in [2.45, 2.75) is 0 Å². The van der Waals surface area contributed by atoms with Gasteiger partial charge in [0.25, 0.3) is 0 Å². The van der Waals surface area contributed by atoms with Gasteiger partial charge in [0.1, 0.15) is 0 Å². The third kappa shape index (κ3) is 8.83. The first-order valence-corrected chi connectivity index (χ1v) is 0. The standard InChI is InChI=1S/Cu.2Te.Zn/q+2;2*-2;+2. The van der Waals surface area contributed by atoms with Gasteiger partial charge in [0.05, 0.1) is 0 Å². The molecule has 0 saturated heterocycles. The molecule has 25 valence electrons. The minimum atomic E-state index is 0. The van der Waals surface area contributed by atoms with Crippen LogP contribution in [0.4, 0.5) is 0 Å². The van der Waals surface area contributed by atoms with Gasteiger partial charge in [-0.2, -0.15) is 0 Å². The van der Waals surface area contributed by atoms with Crippen LogP contribution in [0.3, 0.4) is 0 Å². The van der Waals surface area contributed by atoms with Gasteiger partial charge in [0.2, 0.25) is 0 Å². The normalized spacial score (nSPS) is 0. The van der Waals surface area contributed by atoms with E-state index in [4.69, 9.17) is 0 Å². The third-order valence-electron chi connectivity index (χ3n) is 0. The largest absolute Gasteiger partial charge is 2.00 e. The van der Waals surface area contributed by atoms with Gasteiger partial charge in [-0.25, -0.2) is 0 Å². The van der Waals surface area contributed by atoms with Crippen molar-refractivity contribution in [2.75, 3.05) is 0 Å². The molecule has 4 heavy (non-hydrogen) atoms. The molecule has 0 atom stereocenters. The van der Waals surface area contributed by atoms with Gasteiger partial charge >= 0.3 is 36.5 Å². The van der Waals surface area contributed by atoms with Crippen LogP contribution < -0.4 is 0 Å². The first-order valence-electron chi connectivity index (χ1n) is 0. The summed E-state index contributed by atoms with van der Waals surface area (Å²) in [6.45, 7) is 0. The van der Waals surface area contributed by atoms with E-state index < -0.39 is 0 Å². The molecule has 1 radical (unpaired) electrons. The summed E-state index contributed by atoms with van der Waals surface area (Å²) >= 11 is 0. The Balaban J connectivity index is 0. The molecule has 4 heteroatoms. The van der Waals surface area contributed by atoms with E-state index in [1.54, 1.807) is 0 Å². The van der Waals surface area contributed by atoms with E-state index in [9.17, 15) is 0 Å². The summed E-state index contributed by atoms with van der Waals surface area (Å²) in [5.74, 6) is 0. The molecule has 0 N–H and O–H groups in total. The molecule has 0 spiro atoms. The molecule has 0 unspecified atom stereocenters. The van der Waals surface area contributed by atoms with Crippen molar-refractivity contribution in [1.82, 2.24) is 0 Å². The van der Waals surface area contributed by atoms with E-state index in [2.05, 4.69) is 0 Å². The number of hydrogen-bond acceptors (Lipinski definition) is 0. The summed E-state index contributed by atoms with van der Waals surface area (Å²) in [5.41, 5.74) is 0. The Kier molecular flexibility index (Phi) is 128. The van der Waals surface area contributed by atoms with Crippen molar-refractivity contribution < 1.29 is 36.5 Å². The number of rotatable bonds is 0. The van der Waals surface area contributed by atoms with E-state index in [0.29, 0.717) is 0 Å². The Morgan fingerprint density at radius 3 is 0.750 bits per heavy atom. The molecule has 0 aromatic carbocycles. The van der Waals surface area contributed by atoms with E-state index in [1.807, 2.05) is 0 Å². The molecule has 0 aliphatic rings. The van der Waals surface area contributed by atoms with Crippen molar-refractivity contribution in [3.05, 3.63) is 0 Å². The van der Waals surface area contributed by atoms with Crippen LogP contribution in [0.25, 0.3) is 0 Å². The van der Waals surface area contributed by atoms with E-state index in [-0.39, 0.29) is 83.9 Å². The molecule has 0 aliphatic carbocycles. The van der Waals surface area contributed by atoms with Crippen LogP contribution in [0.5, 0.6) is 0 Å². The fraction of sp³-hybridized carbons (Fsp3) is 0. The van der Waals surface area contributed by atoms with Crippen LogP contribution in [0.2, 0.25) is 0 Å². The van der Waals surface area contributed by atoms with Crippen LogP contribution >= 0.6 is 0 Å². The second-order valence-corrected chi connectivity index (χ2v) is 0. The molecule has 0 aromatic rings. The maximum absolute atomic E-state index is 0. The molecule has 0 saturated carbocycles. The number of hydrogen-bond donors (Lipinski definition) is 0. The Hall–Kier alpha value is 2.72. The molecule has 0 aliphatic heterocycles. The van der Waals surface area contributed by atoms with E-state index in [0.717, 1.165) is 0 Å². The van der Waals surface area contributed by atoms with Crippen LogP contribution in [0, 0.1) is 0 Å². The first-order chi connectivity index (χ1) is 0. The van der Waals surface area contributed by atoms with Crippen LogP contribution in [-0.4, -0.2) is 47.3 Å².